The summed E-state index contributed by atoms with van der Waals surface area (Å²) in [5.74, 6) is 0. The van der Waals surface area contributed by atoms with Crippen molar-refractivity contribution in [2.75, 3.05) is 4.90 Å². The molecule has 54 heavy (non-hydrogen) atoms. The first kappa shape index (κ1) is 30.1. The van der Waals surface area contributed by atoms with E-state index in [-0.39, 0.29) is 5.41 Å². The van der Waals surface area contributed by atoms with E-state index >= 15 is 0 Å². The van der Waals surface area contributed by atoms with Gasteiger partial charge in [0.1, 0.15) is 0 Å². The van der Waals surface area contributed by atoms with Crippen LogP contribution in [0.2, 0.25) is 0 Å². The topological polar surface area (TPSA) is 7.65 Å². The highest BCUT2D eigenvalue weighted by Gasteiger charge is 2.36. The third-order valence-electron chi connectivity index (χ3n) is 12.1. The lowest BCUT2D eigenvalue weighted by Gasteiger charge is -2.28. The fourth-order valence-electron chi connectivity index (χ4n) is 9.61. The molecule has 0 radical (unpaired) electrons. The molecule has 0 atom stereocenters. The Hall–Kier alpha value is -6.42. The lowest BCUT2D eigenvalue weighted by Crippen LogP contribution is -2.15. The van der Waals surface area contributed by atoms with Gasteiger partial charge in [0.15, 0.2) is 0 Å². The van der Waals surface area contributed by atoms with Crippen LogP contribution in [0.15, 0.2) is 170 Å². The largest absolute Gasteiger partial charge is 0.310 e. The van der Waals surface area contributed by atoms with Gasteiger partial charge in [-0.1, -0.05) is 123 Å². The van der Waals surface area contributed by atoms with Crippen molar-refractivity contribution in [1.29, 1.82) is 0 Å². The Morgan fingerprint density at radius 3 is 1.96 bits per heavy atom. The summed E-state index contributed by atoms with van der Waals surface area (Å²) in [6.45, 7) is 4.71. The molecule has 3 aromatic heterocycles. The molecule has 1 aliphatic carbocycles. The van der Waals surface area contributed by atoms with Crippen LogP contribution in [0.25, 0.3) is 80.5 Å². The molecule has 0 saturated heterocycles. The fraction of sp³-hybridized carbons (Fsp3) is 0.0588. The molecule has 0 amide bonds. The Morgan fingerprint density at radius 1 is 0.463 bits per heavy atom. The van der Waals surface area contributed by atoms with Crippen LogP contribution in [0.4, 0.5) is 17.1 Å². The van der Waals surface area contributed by atoms with Crippen LogP contribution in [-0.4, -0.2) is 4.40 Å². The minimum atomic E-state index is -0.0569. The molecule has 3 heterocycles. The van der Waals surface area contributed by atoms with E-state index in [1.165, 1.54) is 97.3 Å². The molecule has 1 aliphatic rings. The molecular weight excluding hydrogens is 673 g/mol. The maximum Gasteiger partial charge on any atom is 0.0641 e. The van der Waals surface area contributed by atoms with Crippen LogP contribution in [0.5, 0.6) is 0 Å². The number of nitrogens with zero attached hydrogens (tertiary/aromatic N) is 2. The van der Waals surface area contributed by atoms with Gasteiger partial charge in [0.2, 0.25) is 0 Å². The monoisotopic (exact) mass is 706 g/mol. The lowest BCUT2D eigenvalue weighted by atomic mass is 9.82. The number of anilines is 3. The highest BCUT2D eigenvalue weighted by molar-refractivity contribution is 7.25. The highest BCUT2D eigenvalue weighted by Crippen LogP contribution is 2.52. The van der Waals surface area contributed by atoms with Crippen LogP contribution in [0, 0.1) is 0 Å². The molecule has 8 aromatic carbocycles. The molecule has 12 rings (SSSR count). The first-order chi connectivity index (χ1) is 26.5. The summed E-state index contributed by atoms with van der Waals surface area (Å²) in [6, 6.07) is 63.4. The number of rotatable bonds is 4. The van der Waals surface area contributed by atoms with Crippen LogP contribution in [-0.2, 0) is 5.41 Å². The Balaban J connectivity index is 1.10. The van der Waals surface area contributed by atoms with Gasteiger partial charge in [0.05, 0.1) is 22.2 Å². The molecule has 3 heteroatoms. The van der Waals surface area contributed by atoms with E-state index in [1.807, 2.05) is 11.3 Å². The molecule has 0 aliphatic heterocycles. The van der Waals surface area contributed by atoms with Gasteiger partial charge in [-0.2, -0.15) is 0 Å². The summed E-state index contributed by atoms with van der Waals surface area (Å²) in [5, 5.41) is 7.78. The first-order valence-corrected chi connectivity index (χ1v) is 19.6. The predicted molar refractivity (Wildman–Crippen MR) is 232 cm³/mol. The average molecular weight is 707 g/mol. The smallest absolute Gasteiger partial charge is 0.0641 e. The maximum absolute atomic E-state index is 2.49. The van der Waals surface area contributed by atoms with Gasteiger partial charge in [-0.3, -0.25) is 0 Å². The van der Waals surface area contributed by atoms with Gasteiger partial charge in [0, 0.05) is 58.5 Å². The van der Waals surface area contributed by atoms with Gasteiger partial charge in [0.25, 0.3) is 0 Å². The fourth-order valence-corrected chi connectivity index (χ4v) is 10.7. The van der Waals surface area contributed by atoms with E-state index in [1.54, 1.807) is 0 Å². The standard InChI is InChI=1S/C51H34N2S/c1-51(2)42-15-7-3-11-35(42)40-30-34(24-26-43(40)51)52(33-22-19-31(20-23-33)32-21-28-48-41(29-32)37-13-6-10-18-47(37)54-48)46-27-25-38-36-12-4-8-16-44(36)53-45-17-9-5-14-39(45)49(46)50(38)53/h3-30H,1-2H3. The molecule has 0 bridgehead atoms. The lowest BCUT2D eigenvalue weighted by molar-refractivity contribution is 0.660. The Labute approximate surface area is 317 Å². The summed E-state index contributed by atoms with van der Waals surface area (Å²) in [6.07, 6.45) is 0. The molecule has 0 unspecified atom stereocenters. The second kappa shape index (κ2) is 10.8. The summed E-state index contributed by atoms with van der Waals surface area (Å²) >= 11 is 1.87. The van der Waals surface area contributed by atoms with Crippen molar-refractivity contribution >= 4 is 86.7 Å². The van der Waals surface area contributed by atoms with Crippen LogP contribution >= 0.6 is 11.3 Å². The predicted octanol–water partition coefficient (Wildman–Crippen LogP) is 14.6. The van der Waals surface area contributed by atoms with Crippen LogP contribution in [0.3, 0.4) is 0 Å². The molecule has 0 spiro atoms. The number of thiophene rings is 1. The number of benzene rings is 8. The molecule has 2 nitrogen and oxygen atoms in total. The number of hydrogen-bond acceptors (Lipinski definition) is 2. The molecule has 0 saturated carbocycles. The van der Waals surface area contributed by atoms with E-state index < -0.39 is 0 Å². The third kappa shape index (κ3) is 4.00. The summed E-state index contributed by atoms with van der Waals surface area (Å²) in [5.41, 5.74) is 15.0. The van der Waals surface area contributed by atoms with Crippen molar-refractivity contribution in [1.82, 2.24) is 4.40 Å². The van der Waals surface area contributed by atoms with Crippen molar-refractivity contribution in [3.8, 4) is 22.3 Å². The van der Waals surface area contributed by atoms with Crippen molar-refractivity contribution < 1.29 is 0 Å². The normalized spacial score (nSPS) is 13.5. The van der Waals surface area contributed by atoms with Gasteiger partial charge in [-0.05, 0) is 94.0 Å². The summed E-state index contributed by atoms with van der Waals surface area (Å²) in [7, 11) is 0. The molecular formula is C51H34N2S. The van der Waals surface area contributed by atoms with E-state index in [0.29, 0.717) is 0 Å². The number of aromatic nitrogens is 1. The average Bonchev–Trinajstić information content (AvgIpc) is 3.93. The van der Waals surface area contributed by atoms with Gasteiger partial charge < -0.3 is 9.30 Å². The number of hydrogen-bond donors (Lipinski definition) is 0. The summed E-state index contributed by atoms with van der Waals surface area (Å²) in [4.78, 5) is 2.49. The zero-order valence-corrected chi connectivity index (χ0v) is 30.8. The molecule has 0 N–H and O–H groups in total. The number of fused-ring (bicyclic) bond motifs is 12. The Bertz CT molecular complexity index is 3310. The molecule has 0 fully saturated rings. The van der Waals surface area contributed by atoms with Gasteiger partial charge in [-0.25, -0.2) is 0 Å². The van der Waals surface area contributed by atoms with Crippen LogP contribution in [0.1, 0.15) is 25.0 Å². The van der Waals surface area contributed by atoms with Crippen molar-refractivity contribution in [2.45, 2.75) is 19.3 Å². The number of para-hydroxylation sites is 2. The molecule has 11 aromatic rings. The third-order valence-corrected chi connectivity index (χ3v) is 13.3. The zero-order valence-electron chi connectivity index (χ0n) is 30.0. The SMILES string of the molecule is CC1(C)c2ccccc2-c2cc(N(c3ccc(-c4ccc5sc6ccccc6c5c4)cc3)c3ccc4c5ccccc5n5c6ccccc6c3c45)ccc21. The van der Waals surface area contributed by atoms with Gasteiger partial charge >= 0.3 is 0 Å². The maximum atomic E-state index is 2.49. The zero-order chi connectivity index (χ0) is 35.7. The second-order valence-electron chi connectivity index (χ2n) is 15.3. The first-order valence-electron chi connectivity index (χ1n) is 18.8. The Morgan fingerprint density at radius 2 is 1.11 bits per heavy atom. The minimum absolute atomic E-state index is 0.0569. The van der Waals surface area contributed by atoms with Crippen molar-refractivity contribution in [3.05, 3.63) is 181 Å². The van der Waals surface area contributed by atoms with E-state index in [2.05, 4.69) is 193 Å². The van der Waals surface area contributed by atoms with E-state index in [9.17, 15) is 0 Å². The Kier molecular flexibility index (Phi) is 6.03. The second-order valence-corrected chi connectivity index (χ2v) is 16.4. The van der Waals surface area contributed by atoms with Crippen molar-refractivity contribution in [3.63, 3.8) is 0 Å². The molecule has 254 valence electrons. The highest BCUT2D eigenvalue weighted by atomic mass is 32.1. The minimum Gasteiger partial charge on any atom is -0.310 e. The quantitative estimate of drug-likeness (QED) is 0.177. The van der Waals surface area contributed by atoms with Crippen LogP contribution < -0.4 is 4.90 Å². The van der Waals surface area contributed by atoms with E-state index in [0.717, 1.165) is 11.4 Å². The summed E-state index contributed by atoms with van der Waals surface area (Å²) < 4.78 is 5.14. The van der Waals surface area contributed by atoms with Gasteiger partial charge in [-0.15, -0.1) is 11.3 Å². The van der Waals surface area contributed by atoms with E-state index in [4.69, 9.17) is 0 Å². The van der Waals surface area contributed by atoms with Crippen molar-refractivity contribution in [2.24, 2.45) is 0 Å².